The number of nitrogens with two attached hydrogens (primary N) is 1. The molecule has 7 heteroatoms. The molecule has 1 aromatic heterocycles. The van der Waals surface area contributed by atoms with Gasteiger partial charge in [0.25, 0.3) is 11.8 Å². The summed E-state index contributed by atoms with van der Waals surface area (Å²) in [7, 11) is 0. The Kier molecular flexibility index (Phi) is 4.60. The van der Waals surface area contributed by atoms with Gasteiger partial charge in [0, 0.05) is 4.88 Å². The molecule has 1 aliphatic carbocycles. The van der Waals surface area contributed by atoms with Crippen molar-refractivity contribution in [3.8, 4) is 0 Å². The van der Waals surface area contributed by atoms with Crippen molar-refractivity contribution in [1.29, 1.82) is 0 Å². The van der Waals surface area contributed by atoms with Gasteiger partial charge < -0.3 is 11.1 Å². The highest BCUT2D eigenvalue weighted by Gasteiger charge is 2.27. The van der Waals surface area contributed by atoms with Crippen LogP contribution in [0.25, 0.3) is 0 Å². The first kappa shape index (κ1) is 16.9. The maximum Gasteiger partial charge on any atom is 0.257 e. The zero-order valence-corrected chi connectivity index (χ0v) is 14.6. The van der Waals surface area contributed by atoms with E-state index in [0.717, 1.165) is 41.8 Å². The third kappa shape index (κ3) is 3.16. The lowest BCUT2D eigenvalue weighted by Gasteiger charge is -2.18. The lowest BCUT2D eigenvalue weighted by molar-refractivity contribution is 0.1000. The molecule has 2 aromatic rings. The van der Waals surface area contributed by atoms with Gasteiger partial charge in [-0.1, -0.05) is 18.5 Å². The van der Waals surface area contributed by atoms with E-state index in [1.54, 1.807) is 0 Å². The summed E-state index contributed by atoms with van der Waals surface area (Å²) in [5.41, 5.74) is 6.99. The van der Waals surface area contributed by atoms with Crippen molar-refractivity contribution in [2.45, 2.75) is 26.2 Å². The summed E-state index contributed by atoms with van der Waals surface area (Å²) in [6, 6.07) is 3.55. The number of carbonyl (C=O) groups excluding carboxylic acids is 2. The van der Waals surface area contributed by atoms with E-state index >= 15 is 0 Å². The number of hydrogen-bond donors (Lipinski definition) is 2. The number of anilines is 1. The number of amides is 2. The molecule has 1 aromatic carbocycles. The van der Waals surface area contributed by atoms with Gasteiger partial charge in [-0.15, -0.1) is 11.3 Å². The first-order chi connectivity index (χ1) is 11.4. The molecule has 1 atom stereocenters. The first-order valence-corrected chi connectivity index (χ1v) is 8.77. The average Bonchev–Trinajstić information content (AvgIpc) is 2.83. The van der Waals surface area contributed by atoms with Gasteiger partial charge in [-0.2, -0.15) is 0 Å². The molecule has 1 aliphatic rings. The molecule has 0 aliphatic heterocycles. The van der Waals surface area contributed by atoms with E-state index in [-0.39, 0.29) is 10.6 Å². The van der Waals surface area contributed by atoms with Crippen molar-refractivity contribution in [3.63, 3.8) is 0 Å². The maximum atomic E-state index is 13.1. The molecule has 0 bridgehead atoms. The first-order valence-electron chi connectivity index (χ1n) is 7.57. The molecule has 0 radical (unpaired) electrons. The summed E-state index contributed by atoms with van der Waals surface area (Å²) < 4.78 is 13.1. The van der Waals surface area contributed by atoms with Crippen LogP contribution in [0, 0.1) is 11.7 Å². The van der Waals surface area contributed by atoms with Crippen LogP contribution < -0.4 is 11.1 Å². The third-order valence-corrected chi connectivity index (χ3v) is 5.64. The largest absolute Gasteiger partial charge is 0.365 e. The SMILES string of the molecule is CC1CCc2c(sc(NC(=O)c3ccc(F)cc3Cl)c2C(N)=O)C1. The van der Waals surface area contributed by atoms with Crippen molar-refractivity contribution in [3.05, 3.63) is 50.6 Å². The molecule has 2 amide bonds. The fraction of sp³-hybridized carbons (Fsp3) is 0.294. The summed E-state index contributed by atoms with van der Waals surface area (Å²) in [5, 5.41) is 3.17. The summed E-state index contributed by atoms with van der Waals surface area (Å²) in [6.07, 6.45) is 2.63. The number of primary amides is 1. The number of carbonyl (C=O) groups is 2. The normalized spacial score (nSPS) is 16.5. The highest BCUT2D eigenvalue weighted by atomic mass is 35.5. The van der Waals surface area contributed by atoms with Gasteiger partial charge in [0.15, 0.2) is 0 Å². The highest BCUT2D eigenvalue weighted by molar-refractivity contribution is 7.17. The molecule has 0 fully saturated rings. The molecule has 0 saturated heterocycles. The Bertz CT molecular complexity index is 834. The Hall–Kier alpha value is -1.92. The molecular formula is C17H16ClFN2O2S. The van der Waals surface area contributed by atoms with Crippen LogP contribution in [-0.2, 0) is 12.8 Å². The van der Waals surface area contributed by atoms with E-state index < -0.39 is 17.6 Å². The molecule has 4 nitrogen and oxygen atoms in total. The van der Waals surface area contributed by atoms with E-state index in [1.807, 2.05) is 0 Å². The monoisotopic (exact) mass is 366 g/mol. The van der Waals surface area contributed by atoms with Gasteiger partial charge in [-0.25, -0.2) is 4.39 Å². The second kappa shape index (κ2) is 6.53. The molecule has 0 saturated carbocycles. The van der Waals surface area contributed by atoms with Gasteiger partial charge in [-0.3, -0.25) is 9.59 Å². The Morgan fingerprint density at radius 2 is 2.17 bits per heavy atom. The predicted molar refractivity (Wildman–Crippen MR) is 93.4 cm³/mol. The minimum Gasteiger partial charge on any atom is -0.365 e. The van der Waals surface area contributed by atoms with E-state index in [4.69, 9.17) is 17.3 Å². The van der Waals surface area contributed by atoms with Crippen molar-refractivity contribution < 1.29 is 14.0 Å². The summed E-state index contributed by atoms with van der Waals surface area (Å²) in [4.78, 5) is 25.4. The number of rotatable bonds is 3. The van der Waals surface area contributed by atoms with Crippen molar-refractivity contribution >= 4 is 39.8 Å². The van der Waals surface area contributed by atoms with Gasteiger partial charge in [-0.05, 0) is 48.9 Å². The number of hydrogen-bond acceptors (Lipinski definition) is 3. The number of halogens is 2. The molecule has 1 unspecified atom stereocenters. The molecule has 3 N–H and O–H groups in total. The smallest absolute Gasteiger partial charge is 0.257 e. The Morgan fingerprint density at radius 1 is 1.42 bits per heavy atom. The minimum atomic E-state index is -0.553. The van der Waals surface area contributed by atoms with Gasteiger partial charge in [0.1, 0.15) is 10.8 Å². The van der Waals surface area contributed by atoms with Crippen molar-refractivity contribution in [2.75, 3.05) is 5.32 Å². The summed E-state index contributed by atoms with van der Waals surface area (Å²) in [6.45, 7) is 2.16. The van der Waals surface area contributed by atoms with Crippen LogP contribution in [0.4, 0.5) is 9.39 Å². The number of fused-ring (bicyclic) bond motifs is 1. The quantitative estimate of drug-likeness (QED) is 0.861. The fourth-order valence-electron chi connectivity index (χ4n) is 2.94. The molecule has 0 spiro atoms. The molecule has 3 rings (SSSR count). The van der Waals surface area contributed by atoms with Crippen LogP contribution in [0.15, 0.2) is 18.2 Å². The second-order valence-corrected chi connectivity index (χ2v) is 7.51. The lowest BCUT2D eigenvalue weighted by atomic mass is 9.88. The van der Waals surface area contributed by atoms with Crippen LogP contribution in [-0.4, -0.2) is 11.8 Å². The Labute approximate surface area is 147 Å². The van der Waals surface area contributed by atoms with Gasteiger partial charge in [0.2, 0.25) is 0 Å². The zero-order valence-electron chi connectivity index (χ0n) is 13.0. The van der Waals surface area contributed by atoms with Gasteiger partial charge >= 0.3 is 0 Å². The standard InChI is InChI=1S/C17H16ClFN2O2S/c1-8-2-4-11-13(6-8)24-17(14(11)15(20)22)21-16(23)10-5-3-9(19)7-12(10)18/h3,5,7-8H,2,4,6H2,1H3,(H2,20,22)(H,21,23). The average molecular weight is 367 g/mol. The Balaban J connectivity index is 1.95. The van der Waals surface area contributed by atoms with E-state index in [1.165, 1.54) is 17.4 Å². The van der Waals surface area contributed by atoms with Crippen LogP contribution >= 0.6 is 22.9 Å². The number of nitrogens with one attached hydrogen (secondary N) is 1. The minimum absolute atomic E-state index is 0.0167. The predicted octanol–water partition coefficient (Wildman–Crippen LogP) is 4.02. The van der Waals surface area contributed by atoms with Crippen LogP contribution in [0.5, 0.6) is 0 Å². The molecule has 24 heavy (non-hydrogen) atoms. The van der Waals surface area contributed by atoms with Gasteiger partial charge in [0.05, 0.1) is 16.1 Å². The summed E-state index contributed by atoms with van der Waals surface area (Å²) >= 11 is 7.30. The lowest BCUT2D eigenvalue weighted by Crippen LogP contribution is -2.19. The fourth-order valence-corrected chi connectivity index (χ4v) is 4.61. The van der Waals surface area contributed by atoms with E-state index in [9.17, 15) is 14.0 Å². The van der Waals surface area contributed by atoms with E-state index in [0.29, 0.717) is 16.5 Å². The zero-order chi connectivity index (χ0) is 17.4. The van der Waals surface area contributed by atoms with Crippen LogP contribution in [0.2, 0.25) is 5.02 Å². The van der Waals surface area contributed by atoms with Crippen molar-refractivity contribution in [2.24, 2.45) is 11.7 Å². The summed E-state index contributed by atoms with van der Waals surface area (Å²) in [5.74, 6) is -1.03. The maximum absolute atomic E-state index is 13.1. The topological polar surface area (TPSA) is 72.2 Å². The number of thiophene rings is 1. The second-order valence-electron chi connectivity index (χ2n) is 6.00. The van der Waals surface area contributed by atoms with Crippen molar-refractivity contribution in [1.82, 2.24) is 0 Å². The Morgan fingerprint density at radius 3 is 2.83 bits per heavy atom. The third-order valence-electron chi connectivity index (χ3n) is 4.16. The van der Waals surface area contributed by atoms with E-state index in [2.05, 4.69) is 12.2 Å². The van der Waals surface area contributed by atoms with Crippen LogP contribution in [0.1, 0.15) is 44.5 Å². The van der Waals surface area contributed by atoms with Crippen LogP contribution in [0.3, 0.4) is 0 Å². The molecule has 1 heterocycles. The highest BCUT2D eigenvalue weighted by Crippen LogP contribution is 2.39. The number of benzene rings is 1. The molecule has 126 valence electrons. The molecular weight excluding hydrogens is 351 g/mol.